The molecule has 1 aliphatic heterocycles. The molecule has 0 spiro atoms. The Bertz CT molecular complexity index is 1590. The third kappa shape index (κ3) is 6.72. The normalized spacial score (nSPS) is 23.4. The van der Waals surface area contributed by atoms with Crippen LogP contribution in [0.2, 0.25) is 0 Å². The minimum atomic E-state index is -2.78. The van der Waals surface area contributed by atoms with Crippen molar-refractivity contribution in [2.45, 2.75) is 94.4 Å². The van der Waals surface area contributed by atoms with Crippen molar-refractivity contribution in [3.05, 3.63) is 41.1 Å². The summed E-state index contributed by atoms with van der Waals surface area (Å²) in [5.41, 5.74) is 1.77. The van der Waals surface area contributed by atoms with E-state index in [1.807, 2.05) is 0 Å². The Balaban J connectivity index is 1.10. The zero-order valence-corrected chi connectivity index (χ0v) is 25.0. The van der Waals surface area contributed by atoms with Gasteiger partial charge < -0.3 is 10.6 Å². The van der Waals surface area contributed by atoms with Gasteiger partial charge in [0.1, 0.15) is 11.9 Å². The topological polar surface area (TPSA) is 131 Å². The second-order valence-electron chi connectivity index (χ2n) is 13.5. The zero-order chi connectivity index (χ0) is 32.2. The van der Waals surface area contributed by atoms with Crippen molar-refractivity contribution >= 4 is 17.5 Å². The van der Waals surface area contributed by atoms with Gasteiger partial charge in [0.15, 0.2) is 11.3 Å². The SMILES string of the molecule is O=C(CC1CC(F)(F)C1)NC(c1cnn2cc([C@@H](NC(=O)c3nonc3CN3CC(F)C3)C3CCC(F)(F)CC3)nc2c1)C1CC1. The number of carbonyl (C=O) groups is 2. The zero-order valence-electron chi connectivity index (χ0n) is 25.0. The summed E-state index contributed by atoms with van der Waals surface area (Å²) in [7, 11) is 0. The maximum Gasteiger partial charge on any atom is 0.276 e. The Morgan fingerprint density at radius 3 is 2.37 bits per heavy atom. The molecule has 1 unspecified atom stereocenters. The number of likely N-dealkylation sites (tertiary alicyclic amines) is 1. The molecular weight excluding hydrogens is 615 g/mol. The number of halogens is 5. The molecule has 248 valence electrons. The lowest BCUT2D eigenvalue weighted by Crippen LogP contribution is -2.47. The predicted octanol–water partition coefficient (Wildman–Crippen LogP) is 4.57. The number of amides is 2. The average Bonchev–Trinajstić information content (AvgIpc) is 3.55. The number of nitrogens with one attached hydrogen (secondary N) is 2. The van der Waals surface area contributed by atoms with Crippen LogP contribution < -0.4 is 10.6 Å². The lowest BCUT2D eigenvalue weighted by molar-refractivity contribution is -0.134. The van der Waals surface area contributed by atoms with E-state index in [0.717, 1.165) is 18.4 Å². The highest BCUT2D eigenvalue weighted by Gasteiger charge is 2.46. The van der Waals surface area contributed by atoms with Gasteiger partial charge in [-0.05, 0) is 60.2 Å². The van der Waals surface area contributed by atoms with Crippen LogP contribution in [0.15, 0.2) is 23.1 Å². The molecule has 16 heteroatoms. The van der Waals surface area contributed by atoms with Gasteiger partial charge in [-0.1, -0.05) is 5.16 Å². The fourth-order valence-electron chi connectivity index (χ4n) is 6.93. The molecule has 4 fully saturated rings. The van der Waals surface area contributed by atoms with Gasteiger partial charge in [-0.25, -0.2) is 36.1 Å². The Morgan fingerprint density at radius 1 is 0.978 bits per heavy atom. The Hall–Kier alpha value is -3.69. The van der Waals surface area contributed by atoms with Crippen molar-refractivity contribution in [3.63, 3.8) is 0 Å². The summed E-state index contributed by atoms with van der Waals surface area (Å²) >= 11 is 0. The molecule has 11 nitrogen and oxygen atoms in total. The smallest absolute Gasteiger partial charge is 0.276 e. The predicted molar refractivity (Wildman–Crippen MR) is 150 cm³/mol. The molecule has 3 saturated carbocycles. The fraction of sp³-hybridized carbons (Fsp3) is 0.667. The van der Waals surface area contributed by atoms with E-state index in [-0.39, 0.29) is 106 Å². The molecule has 1 saturated heterocycles. The highest BCUT2D eigenvalue weighted by molar-refractivity contribution is 5.93. The maximum absolute atomic E-state index is 14.1. The number of aromatic nitrogens is 5. The summed E-state index contributed by atoms with van der Waals surface area (Å²) in [4.78, 5) is 32.7. The summed E-state index contributed by atoms with van der Waals surface area (Å²) in [5.74, 6) is -6.85. The first-order chi connectivity index (χ1) is 21.9. The van der Waals surface area contributed by atoms with Crippen molar-refractivity contribution in [2.75, 3.05) is 13.1 Å². The van der Waals surface area contributed by atoms with Gasteiger partial charge in [0.25, 0.3) is 5.91 Å². The van der Waals surface area contributed by atoms with Crippen molar-refractivity contribution in [1.29, 1.82) is 0 Å². The van der Waals surface area contributed by atoms with E-state index in [9.17, 15) is 31.5 Å². The fourth-order valence-corrected chi connectivity index (χ4v) is 6.93. The number of hydrogen-bond donors (Lipinski definition) is 2. The molecule has 0 radical (unpaired) electrons. The van der Waals surface area contributed by atoms with E-state index in [1.54, 1.807) is 23.4 Å². The van der Waals surface area contributed by atoms with Crippen LogP contribution >= 0.6 is 0 Å². The molecule has 4 aliphatic rings. The molecule has 0 aromatic carbocycles. The lowest BCUT2D eigenvalue weighted by atomic mass is 9.79. The van der Waals surface area contributed by atoms with Gasteiger partial charge in [-0.15, -0.1) is 0 Å². The lowest BCUT2D eigenvalue weighted by Gasteiger charge is -2.34. The molecule has 0 bridgehead atoms. The van der Waals surface area contributed by atoms with Crippen LogP contribution in [0.4, 0.5) is 22.0 Å². The largest absolute Gasteiger partial charge is 0.349 e. The summed E-state index contributed by atoms with van der Waals surface area (Å²) in [6, 6.07) is 0.687. The summed E-state index contributed by atoms with van der Waals surface area (Å²) in [5, 5.41) is 18.0. The maximum atomic E-state index is 14.1. The van der Waals surface area contributed by atoms with E-state index >= 15 is 0 Å². The quantitative estimate of drug-likeness (QED) is 0.289. The number of alkyl halides is 5. The highest BCUT2D eigenvalue weighted by atomic mass is 19.3. The van der Waals surface area contributed by atoms with Crippen LogP contribution in [-0.4, -0.2) is 72.7 Å². The Kier molecular flexibility index (Phi) is 7.96. The van der Waals surface area contributed by atoms with Crippen molar-refractivity contribution < 1.29 is 36.2 Å². The molecule has 2 atom stereocenters. The first-order valence-electron chi connectivity index (χ1n) is 15.8. The van der Waals surface area contributed by atoms with E-state index < -0.39 is 30.0 Å². The molecule has 46 heavy (non-hydrogen) atoms. The van der Waals surface area contributed by atoms with Crippen LogP contribution in [-0.2, 0) is 11.3 Å². The van der Waals surface area contributed by atoms with E-state index in [1.165, 1.54) is 4.52 Å². The molecule has 3 aliphatic carbocycles. The second-order valence-corrected chi connectivity index (χ2v) is 13.5. The van der Waals surface area contributed by atoms with Crippen LogP contribution in [0.3, 0.4) is 0 Å². The van der Waals surface area contributed by atoms with E-state index in [4.69, 9.17) is 9.61 Å². The van der Waals surface area contributed by atoms with Gasteiger partial charge in [-0.2, -0.15) is 5.10 Å². The number of hydrogen-bond acceptors (Lipinski definition) is 8. The van der Waals surface area contributed by atoms with Gasteiger partial charge in [0.2, 0.25) is 17.8 Å². The van der Waals surface area contributed by atoms with Gasteiger partial charge in [0.05, 0.1) is 30.2 Å². The van der Waals surface area contributed by atoms with Crippen molar-refractivity contribution in [1.82, 2.24) is 40.4 Å². The minimum Gasteiger partial charge on any atom is -0.349 e. The first kappa shape index (κ1) is 30.9. The van der Waals surface area contributed by atoms with Gasteiger partial charge >= 0.3 is 0 Å². The Morgan fingerprint density at radius 2 is 1.70 bits per heavy atom. The summed E-state index contributed by atoms with van der Waals surface area (Å²) < 4.78 is 74.4. The molecule has 3 aromatic heterocycles. The van der Waals surface area contributed by atoms with Crippen molar-refractivity contribution in [2.24, 2.45) is 17.8 Å². The van der Waals surface area contributed by atoms with Gasteiger partial charge in [0, 0.05) is 51.7 Å². The summed E-state index contributed by atoms with van der Waals surface area (Å²) in [6.07, 6.45) is 3.30. The number of nitrogens with zero attached hydrogens (tertiary/aromatic N) is 6. The molecular formula is C30H35F5N8O3. The van der Waals surface area contributed by atoms with Crippen LogP contribution in [0.1, 0.15) is 97.3 Å². The van der Waals surface area contributed by atoms with E-state index in [2.05, 4.69) is 26.0 Å². The molecule has 7 rings (SSSR count). The standard InChI is InChI=1S/C30H35F5N8O3/c31-20-12-42(13-20)14-22-27(41-46-40-22)28(45)39-26(18-3-5-29(32,33)6-4-18)21-15-43-23(37-21)8-19(11-36-43)25(17-1-2-17)38-24(44)7-16-9-30(34,35)10-16/h8,11,15-18,20,25-26H,1-7,9-10,12-14H2,(H,38,44)(H,39,45)/t25?,26-/m0/s1. The number of fused-ring (bicyclic) bond motifs is 1. The third-order valence-electron chi connectivity index (χ3n) is 9.67. The molecule has 3 aromatic rings. The highest BCUT2D eigenvalue weighted by Crippen LogP contribution is 2.45. The number of imidazole rings is 1. The second kappa shape index (κ2) is 11.8. The number of rotatable bonds is 11. The number of carbonyl (C=O) groups excluding carboxylic acids is 2. The molecule has 2 amide bonds. The van der Waals surface area contributed by atoms with Gasteiger partial charge in [-0.3, -0.25) is 14.5 Å². The van der Waals surface area contributed by atoms with Crippen LogP contribution in [0, 0.1) is 17.8 Å². The Labute approximate surface area is 260 Å². The third-order valence-corrected chi connectivity index (χ3v) is 9.67. The van der Waals surface area contributed by atoms with Crippen molar-refractivity contribution in [3.8, 4) is 0 Å². The molecule has 2 N–H and O–H groups in total. The summed E-state index contributed by atoms with van der Waals surface area (Å²) in [6.45, 7) is 0.613. The minimum absolute atomic E-state index is 0.0426. The van der Waals surface area contributed by atoms with Crippen LogP contribution in [0.5, 0.6) is 0 Å². The van der Waals surface area contributed by atoms with E-state index in [0.29, 0.717) is 11.3 Å². The first-order valence-corrected chi connectivity index (χ1v) is 15.8. The molecule has 4 heterocycles. The monoisotopic (exact) mass is 650 g/mol. The van der Waals surface area contributed by atoms with Crippen LogP contribution in [0.25, 0.3) is 5.65 Å². The average molecular weight is 651 g/mol.